The van der Waals surface area contributed by atoms with E-state index in [1.807, 2.05) is 62.4 Å². The summed E-state index contributed by atoms with van der Waals surface area (Å²) in [6, 6.07) is 20.2. The maximum Gasteiger partial charge on any atom is 0.270 e. The Morgan fingerprint density at radius 1 is 1.05 bits per heavy atom. The maximum atomic E-state index is 13.3. The third-order valence-electron chi connectivity index (χ3n) is 6.85. The molecule has 2 heterocycles. The minimum Gasteiger partial charge on any atom is -0.352 e. The molecule has 0 spiro atoms. The molecule has 0 bridgehead atoms. The van der Waals surface area contributed by atoms with Crippen LogP contribution in [0.1, 0.15) is 42.9 Å². The van der Waals surface area contributed by atoms with E-state index in [2.05, 4.69) is 15.6 Å². The molecule has 0 radical (unpaired) electrons. The Labute approximate surface area is 242 Å². The first-order valence-corrected chi connectivity index (χ1v) is 14.4. The van der Waals surface area contributed by atoms with Gasteiger partial charge in [-0.1, -0.05) is 55.1 Å². The SMILES string of the molecule is CCC(SC1=Nc2ccccc2C2=NC(=O)C(CCC(=O)NCc3ccc(F)cc3)N12)C(=O)Nc1cccc(C)c1. The van der Waals surface area contributed by atoms with Crippen LogP contribution in [-0.2, 0) is 20.9 Å². The lowest BCUT2D eigenvalue weighted by molar-refractivity contribution is -0.122. The van der Waals surface area contributed by atoms with Crippen molar-refractivity contribution < 1.29 is 18.8 Å². The molecule has 0 aromatic heterocycles. The van der Waals surface area contributed by atoms with Crippen LogP contribution in [-0.4, -0.2) is 44.9 Å². The highest BCUT2D eigenvalue weighted by molar-refractivity contribution is 8.15. The van der Waals surface area contributed by atoms with Crippen LogP contribution in [0, 0.1) is 12.7 Å². The van der Waals surface area contributed by atoms with Crippen LogP contribution in [0.25, 0.3) is 0 Å². The molecule has 210 valence electrons. The van der Waals surface area contributed by atoms with Crippen LogP contribution in [0.4, 0.5) is 15.8 Å². The number of thioether (sulfide) groups is 1. The Bertz CT molecular complexity index is 1540. The standard InChI is InChI=1S/C31H30FN5O3S/c1-3-26(30(40)34-22-8-6-7-19(2)17-22)41-31-35-24-10-5-4-9-23(24)28-36-29(39)25(37(28)31)15-16-27(38)33-18-20-11-13-21(32)14-12-20/h4-14,17,25-26H,3,15-16,18H2,1-2H3,(H,33,38)(H,34,40). The summed E-state index contributed by atoms with van der Waals surface area (Å²) in [4.78, 5) is 50.0. The molecule has 0 aliphatic carbocycles. The number of amidine groups is 2. The summed E-state index contributed by atoms with van der Waals surface area (Å²) >= 11 is 1.29. The summed E-state index contributed by atoms with van der Waals surface area (Å²) in [6.45, 7) is 4.15. The van der Waals surface area contributed by atoms with Crippen molar-refractivity contribution in [2.24, 2.45) is 9.98 Å². The predicted molar refractivity (Wildman–Crippen MR) is 160 cm³/mol. The molecule has 2 aliphatic heterocycles. The van der Waals surface area contributed by atoms with Gasteiger partial charge in [0, 0.05) is 24.2 Å². The zero-order chi connectivity index (χ0) is 28.9. The number of halogens is 1. The van der Waals surface area contributed by atoms with E-state index in [0.29, 0.717) is 28.8 Å². The van der Waals surface area contributed by atoms with Crippen LogP contribution < -0.4 is 10.6 Å². The second kappa shape index (κ2) is 12.5. The topological polar surface area (TPSA) is 103 Å². The van der Waals surface area contributed by atoms with Gasteiger partial charge in [0.25, 0.3) is 5.91 Å². The fourth-order valence-corrected chi connectivity index (χ4v) is 5.78. The molecule has 41 heavy (non-hydrogen) atoms. The van der Waals surface area contributed by atoms with Crippen LogP contribution in [0.5, 0.6) is 0 Å². The molecular formula is C31H30FN5O3S. The van der Waals surface area contributed by atoms with E-state index in [1.54, 1.807) is 17.0 Å². The van der Waals surface area contributed by atoms with Gasteiger partial charge in [-0.25, -0.2) is 9.38 Å². The number of nitrogens with zero attached hydrogens (tertiary/aromatic N) is 3. The van der Waals surface area contributed by atoms with E-state index in [-0.39, 0.29) is 42.9 Å². The van der Waals surface area contributed by atoms with Crippen LogP contribution >= 0.6 is 11.8 Å². The Morgan fingerprint density at radius 2 is 1.83 bits per heavy atom. The van der Waals surface area contributed by atoms with E-state index in [0.717, 1.165) is 16.7 Å². The molecule has 8 nitrogen and oxygen atoms in total. The van der Waals surface area contributed by atoms with Gasteiger partial charge in [0.1, 0.15) is 17.7 Å². The van der Waals surface area contributed by atoms with Crippen LogP contribution in [0.3, 0.4) is 0 Å². The third kappa shape index (κ3) is 6.54. The number of nitrogens with one attached hydrogen (secondary N) is 2. The molecule has 2 unspecified atom stereocenters. The Kier molecular flexibility index (Phi) is 8.58. The fourth-order valence-electron chi connectivity index (χ4n) is 4.71. The summed E-state index contributed by atoms with van der Waals surface area (Å²) in [7, 11) is 0. The average Bonchev–Trinajstić information content (AvgIpc) is 3.30. The first-order chi connectivity index (χ1) is 19.8. The van der Waals surface area contributed by atoms with Crippen molar-refractivity contribution in [2.45, 2.75) is 50.9 Å². The highest BCUT2D eigenvalue weighted by Crippen LogP contribution is 2.37. The van der Waals surface area contributed by atoms with Crippen molar-refractivity contribution in [2.75, 3.05) is 5.32 Å². The molecule has 2 aliphatic rings. The average molecular weight is 572 g/mol. The second-order valence-corrected chi connectivity index (χ2v) is 11.1. The summed E-state index contributed by atoms with van der Waals surface area (Å²) in [5, 5.41) is 5.83. The van der Waals surface area contributed by atoms with Crippen LogP contribution in [0.2, 0.25) is 0 Å². The van der Waals surface area contributed by atoms with Gasteiger partial charge in [-0.3, -0.25) is 19.3 Å². The summed E-state index contributed by atoms with van der Waals surface area (Å²) in [5.41, 5.74) is 3.93. The minimum atomic E-state index is -0.724. The highest BCUT2D eigenvalue weighted by atomic mass is 32.2. The number of para-hydroxylation sites is 1. The zero-order valence-corrected chi connectivity index (χ0v) is 23.6. The van der Waals surface area contributed by atoms with E-state index >= 15 is 0 Å². The molecule has 3 amide bonds. The van der Waals surface area contributed by atoms with Crippen molar-refractivity contribution >= 4 is 51.9 Å². The molecule has 10 heteroatoms. The smallest absolute Gasteiger partial charge is 0.270 e. The van der Waals surface area contributed by atoms with Crippen LogP contribution in [0.15, 0.2) is 82.8 Å². The number of aryl methyl sites for hydroxylation is 1. The number of benzene rings is 3. The second-order valence-electron chi connectivity index (χ2n) is 9.89. The Morgan fingerprint density at radius 3 is 2.59 bits per heavy atom. The van der Waals surface area contributed by atoms with Gasteiger partial charge in [-0.15, -0.1) is 0 Å². The van der Waals surface area contributed by atoms with E-state index < -0.39 is 11.3 Å². The molecule has 0 fully saturated rings. The molecule has 0 saturated heterocycles. The van der Waals surface area contributed by atoms with Gasteiger partial charge in [-0.05, 0) is 67.3 Å². The van der Waals surface area contributed by atoms with Crippen molar-refractivity contribution in [1.82, 2.24) is 10.2 Å². The quantitative estimate of drug-likeness (QED) is 0.361. The Balaban J connectivity index is 1.31. The monoisotopic (exact) mass is 571 g/mol. The van der Waals surface area contributed by atoms with E-state index in [9.17, 15) is 18.8 Å². The number of hydrogen-bond acceptors (Lipinski definition) is 6. The number of carbonyl (C=O) groups excluding carboxylic acids is 3. The molecule has 0 saturated carbocycles. The molecule has 3 aromatic rings. The Hall–Kier alpha value is -4.31. The number of carbonyl (C=O) groups is 3. The van der Waals surface area contributed by atoms with Crippen molar-refractivity contribution in [3.05, 3.63) is 95.3 Å². The summed E-state index contributed by atoms with van der Waals surface area (Å²) < 4.78 is 13.2. The molecule has 3 aromatic carbocycles. The number of amides is 3. The highest BCUT2D eigenvalue weighted by Gasteiger charge is 2.42. The van der Waals surface area contributed by atoms with E-state index in [4.69, 9.17) is 4.99 Å². The maximum absolute atomic E-state index is 13.3. The number of hydrogen-bond donors (Lipinski definition) is 2. The van der Waals surface area contributed by atoms with E-state index in [1.165, 1.54) is 23.9 Å². The van der Waals surface area contributed by atoms with Gasteiger partial charge in [0.2, 0.25) is 11.8 Å². The van der Waals surface area contributed by atoms with Gasteiger partial charge < -0.3 is 10.6 Å². The lowest BCUT2D eigenvalue weighted by Crippen LogP contribution is -2.45. The number of fused-ring (bicyclic) bond motifs is 3. The summed E-state index contributed by atoms with van der Waals surface area (Å²) in [6.07, 6.45) is 0.838. The lowest BCUT2D eigenvalue weighted by Gasteiger charge is -2.32. The third-order valence-corrected chi connectivity index (χ3v) is 8.18. The van der Waals surface area contributed by atoms with Gasteiger partial charge in [-0.2, -0.15) is 4.99 Å². The first kappa shape index (κ1) is 28.2. The fraction of sp³-hybridized carbons (Fsp3) is 0.258. The number of anilines is 1. The van der Waals surface area contributed by atoms with Gasteiger partial charge in [0.15, 0.2) is 5.17 Å². The molecule has 2 N–H and O–H groups in total. The van der Waals surface area contributed by atoms with Gasteiger partial charge >= 0.3 is 0 Å². The lowest BCUT2D eigenvalue weighted by atomic mass is 10.1. The molecular weight excluding hydrogens is 541 g/mol. The number of aliphatic imine (C=N–C) groups is 2. The first-order valence-electron chi connectivity index (χ1n) is 13.5. The summed E-state index contributed by atoms with van der Waals surface area (Å²) in [5.74, 6) is -0.608. The minimum absolute atomic E-state index is 0.0849. The number of rotatable bonds is 9. The van der Waals surface area contributed by atoms with Crippen molar-refractivity contribution in [3.63, 3.8) is 0 Å². The predicted octanol–water partition coefficient (Wildman–Crippen LogP) is 5.34. The normalized spacial score (nSPS) is 16.3. The van der Waals surface area contributed by atoms with Crippen molar-refractivity contribution in [1.29, 1.82) is 0 Å². The van der Waals surface area contributed by atoms with Crippen molar-refractivity contribution in [3.8, 4) is 0 Å². The molecule has 2 atom stereocenters. The van der Waals surface area contributed by atoms with Gasteiger partial charge in [0.05, 0.1) is 10.9 Å². The largest absolute Gasteiger partial charge is 0.352 e. The zero-order valence-electron chi connectivity index (χ0n) is 22.8. The molecule has 5 rings (SSSR count).